The zero-order valence-corrected chi connectivity index (χ0v) is 15.3. The summed E-state index contributed by atoms with van der Waals surface area (Å²) in [5.74, 6) is 0.760. The van der Waals surface area contributed by atoms with Crippen molar-refractivity contribution in [2.75, 3.05) is 0 Å². The third-order valence-electron chi connectivity index (χ3n) is 4.03. The van der Waals surface area contributed by atoms with Gasteiger partial charge in [-0.2, -0.15) is 5.10 Å². The Labute approximate surface area is 148 Å². The molecule has 0 aliphatic rings. The Morgan fingerprint density at radius 2 is 1.80 bits per heavy atom. The van der Waals surface area contributed by atoms with Crippen LogP contribution in [0.15, 0.2) is 42.7 Å². The number of H-pyrrole nitrogens is 1. The van der Waals surface area contributed by atoms with Crippen LogP contribution in [-0.2, 0) is 18.5 Å². The van der Waals surface area contributed by atoms with Crippen molar-refractivity contribution in [1.82, 2.24) is 25.5 Å². The first kappa shape index (κ1) is 17.3. The van der Waals surface area contributed by atoms with Crippen molar-refractivity contribution in [3.8, 4) is 11.4 Å². The van der Waals surface area contributed by atoms with Gasteiger partial charge in [-0.05, 0) is 19.1 Å². The summed E-state index contributed by atoms with van der Waals surface area (Å²) < 4.78 is 0. The molecule has 3 aromatic rings. The summed E-state index contributed by atoms with van der Waals surface area (Å²) in [7, 11) is 0. The first-order valence-corrected chi connectivity index (χ1v) is 8.55. The summed E-state index contributed by atoms with van der Waals surface area (Å²) >= 11 is 0. The molecule has 3 rings (SSSR count). The molecule has 1 aromatic carbocycles. The van der Waals surface area contributed by atoms with Crippen molar-refractivity contribution in [1.29, 1.82) is 0 Å². The van der Waals surface area contributed by atoms with Crippen LogP contribution in [0.3, 0.4) is 0 Å². The normalized spacial score (nSPS) is 11.7. The number of aromatic nitrogens is 4. The highest BCUT2D eigenvalue weighted by Gasteiger charge is 2.17. The maximum atomic E-state index is 4.48. The third-order valence-corrected chi connectivity index (χ3v) is 4.03. The molecule has 2 heterocycles. The molecule has 0 fully saturated rings. The lowest BCUT2D eigenvalue weighted by molar-refractivity contribution is 0.567. The van der Waals surface area contributed by atoms with Crippen molar-refractivity contribution in [3.63, 3.8) is 0 Å². The van der Waals surface area contributed by atoms with Crippen molar-refractivity contribution in [2.24, 2.45) is 0 Å². The van der Waals surface area contributed by atoms with E-state index in [0.29, 0.717) is 0 Å². The number of nitrogens with zero attached hydrogens (tertiary/aromatic N) is 3. The van der Waals surface area contributed by atoms with E-state index in [1.165, 1.54) is 5.56 Å². The molecule has 0 aliphatic carbocycles. The number of hydrogen-bond donors (Lipinski definition) is 2. The highest BCUT2D eigenvalue weighted by atomic mass is 15.1. The number of aryl methyl sites for hydroxylation is 1. The average Bonchev–Trinajstić information content (AvgIpc) is 3.05. The molecule has 0 radical (unpaired) electrons. The van der Waals surface area contributed by atoms with Crippen molar-refractivity contribution in [2.45, 2.75) is 46.2 Å². The summed E-state index contributed by atoms with van der Waals surface area (Å²) in [6.07, 6.45) is 3.76. The summed E-state index contributed by atoms with van der Waals surface area (Å²) in [5.41, 5.74) is 5.55. The van der Waals surface area contributed by atoms with Crippen molar-refractivity contribution >= 4 is 0 Å². The summed E-state index contributed by atoms with van der Waals surface area (Å²) in [5, 5.41) is 10.9. The summed E-state index contributed by atoms with van der Waals surface area (Å²) in [6.45, 7) is 10.0. The predicted molar refractivity (Wildman–Crippen MR) is 100 cm³/mol. The Bertz CT molecular complexity index is 828. The molecule has 0 saturated heterocycles. The second-order valence-corrected chi connectivity index (χ2v) is 7.42. The maximum absolute atomic E-state index is 4.48. The minimum absolute atomic E-state index is 0.0637. The van der Waals surface area contributed by atoms with Gasteiger partial charge in [0.1, 0.15) is 0 Å². The molecule has 0 saturated carbocycles. The van der Waals surface area contributed by atoms with E-state index in [1.807, 2.05) is 24.5 Å². The fourth-order valence-electron chi connectivity index (χ4n) is 2.56. The number of rotatable bonds is 5. The van der Waals surface area contributed by atoms with E-state index >= 15 is 0 Å². The molecule has 5 heteroatoms. The quantitative estimate of drug-likeness (QED) is 0.745. The SMILES string of the molecule is Cc1cccc(-c2ncc(CNCc3cc(C(C)(C)C)n[nH]3)cn2)c1. The van der Waals surface area contributed by atoms with Gasteiger partial charge < -0.3 is 5.32 Å². The van der Waals surface area contributed by atoms with Gasteiger partial charge in [-0.1, -0.05) is 44.5 Å². The molecule has 0 spiro atoms. The first-order chi connectivity index (χ1) is 11.9. The molecular formula is C20H25N5. The third kappa shape index (κ3) is 4.51. The van der Waals surface area contributed by atoms with Gasteiger partial charge in [0.15, 0.2) is 5.82 Å². The minimum atomic E-state index is 0.0637. The largest absolute Gasteiger partial charge is 0.307 e. The van der Waals surface area contributed by atoms with Crippen molar-refractivity contribution < 1.29 is 0 Å². The van der Waals surface area contributed by atoms with Gasteiger partial charge in [0.2, 0.25) is 0 Å². The van der Waals surface area contributed by atoms with E-state index in [-0.39, 0.29) is 5.41 Å². The van der Waals surface area contributed by atoms with Crippen LogP contribution in [-0.4, -0.2) is 20.2 Å². The Morgan fingerprint density at radius 1 is 1.04 bits per heavy atom. The smallest absolute Gasteiger partial charge is 0.159 e. The molecule has 130 valence electrons. The van der Waals surface area contributed by atoms with E-state index in [0.717, 1.165) is 41.4 Å². The molecule has 0 atom stereocenters. The van der Waals surface area contributed by atoms with Crippen LogP contribution in [0.25, 0.3) is 11.4 Å². The van der Waals surface area contributed by atoms with Crippen LogP contribution in [0, 0.1) is 6.92 Å². The van der Waals surface area contributed by atoms with Crippen LogP contribution in [0.4, 0.5) is 0 Å². The van der Waals surface area contributed by atoms with E-state index in [1.54, 1.807) is 0 Å². The van der Waals surface area contributed by atoms with Crippen LogP contribution in [0.2, 0.25) is 0 Å². The Morgan fingerprint density at radius 3 is 2.44 bits per heavy atom. The monoisotopic (exact) mass is 335 g/mol. The van der Waals surface area contributed by atoms with Gasteiger partial charge in [0.25, 0.3) is 0 Å². The van der Waals surface area contributed by atoms with E-state index < -0.39 is 0 Å². The van der Waals surface area contributed by atoms with Crippen LogP contribution >= 0.6 is 0 Å². The maximum Gasteiger partial charge on any atom is 0.159 e. The molecule has 0 aliphatic heterocycles. The minimum Gasteiger partial charge on any atom is -0.307 e. The number of benzene rings is 1. The molecule has 5 nitrogen and oxygen atoms in total. The Kier molecular flexibility index (Phi) is 4.95. The van der Waals surface area contributed by atoms with Crippen LogP contribution in [0.5, 0.6) is 0 Å². The highest BCUT2D eigenvalue weighted by Crippen LogP contribution is 2.20. The standard InChI is InChI=1S/C20H25N5/c1-14-6-5-7-16(8-14)19-22-11-15(12-23-19)10-21-13-17-9-18(25-24-17)20(2,3)4/h5-9,11-12,21H,10,13H2,1-4H3,(H,24,25). The van der Waals surface area contributed by atoms with Gasteiger partial charge in [-0.3, -0.25) is 5.10 Å². The second kappa shape index (κ2) is 7.15. The van der Waals surface area contributed by atoms with Crippen LogP contribution < -0.4 is 5.32 Å². The number of hydrogen-bond acceptors (Lipinski definition) is 4. The molecular weight excluding hydrogens is 310 g/mol. The Balaban J connectivity index is 1.56. The van der Waals surface area contributed by atoms with Gasteiger partial charge in [-0.15, -0.1) is 0 Å². The molecule has 25 heavy (non-hydrogen) atoms. The topological polar surface area (TPSA) is 66.5 Å². The highest BCUT2D eigenvalue weighted by molar-refractivity contribution is 5.55. The fraction of sp³-hybridized carbons (Fsp3) is 0.350. The molecule has 0 unspecified atom stereocenters. The summed E-state index contributed by atoms with van der Waals surface area (Å²) in [4.78, 5) is 8.96. The van der Waals surface area contributed by atoms with E-state index in [2.05, 4.69) is 71.4 Å². The van der Waals surface area contributed by atoms with E-state index in [9.17, 15) is 0 Å². The zero-order valence-electron chi connectivity index (χ0n) is 15.3. The lowest BCUT2D eigenvalue weighted by atomic mass is 9.92. The van der Waals surface area contributed by atoms with Crippen molar-refractivity contribution in [3.05, 3.63) is 65.2 Å². The zero-order chi connectivity index (χ0) is 17.9. The lowest BCUT2D eigenvalue weighted by Gasteiger charge is -2.13. The van der Waals surface area contributed by atoms with Crippen LogP contribution in [0.1, 0.15) is 43.3 Å². The molecule has 2 aromatic heterocycles. The predicted octanol–water partition coefficient (Wildman–Crippen LogP) is 3.76. The molecule has 0 bridgehead atoms. The first-order valence-electron chi connectivity index (χ1n) is 8.55. The Hall–Kier alpha value is -2.53. The number of nitrogens with one attached hydrogen (secondary N) is 2. The fourth-order valence-corrected chi connectivity index (χ4v) is 2.56. The van der Waals surface area contributed by atoms with Gasteiger partial charge >= 0.3 is 0 Å². The van der Waals surface area contributed by atoms with E-state index in [4.69, 9.17) is 0 Å². The summed E-state index contributed by atoms with van der Waals surface area (Å²) in [6, 6.07) is 10.3. The van der Waals surface area contributed by atoms with Gasteiger partial charge in [0, 0.05) is 47.7 Å². The molecule has 2 N–H and O–H groups in total. The lowest BCUT2D eigenvalue weighted by Crippen LogP contribution is -2.13. The van der Waals surface area contributed by atoms with Gasteiger partial charge in [0.05, 0.1) is 5.69 Å². The average molecular weight is 335 g/mol. The second-order valence-electron chi connectivity index (χ2n) is 7.42. The molecule has 0 amide bonds. The van der Waals surface area contributed by atoms with Gasteiger partial charge in [-0.25, -0.2) is 9.97 Å². The number of aromatic amines is 1.